The second kappa shape index (κ2) is 11.0. The van der Waals surface area contributed by atoms with Crippen molar-refractivity contribution in [2.75, 3.05) is 12.3 Å². The number of aliphatic hydroxyl groups is 1. The number of sulfone groups is 1. The summed E-state index contributed by atoms with van der Waals surface area (Å²) < 4.78 is 68.0. The Labute approximate surface area is 222 Å². The summed E-state index contributed by atoms with van der Waals surface area (Å²) in [6.07, 6.45) is -4.99. The maximum atomic E-state index is 13.7. The SMILES string of the molecule is CCS(=O)(=O)C(c1ccc(C#N)c(C(F)(F)F)c1)C(O)(CNC(=O)c1ccccc1O)c1ccc(Cl)cc1. The molecule has 0 aliphatic rings. The standard InChI is InChI=1S/C26H22ClF3N2O5S/c1-2-38(36,37)23(16-7-8-17(14-31)21(13-16)26(28,29)30)25(35,18-9-11-19(27)12-10-18)15-32-24(34)20-5-3-4-6-22(20)33/h3-13,23,33,35H,2,15H2,1H3,(H,32,34). The first-order valence-electron chi connectivity index (χ1n) is 11.1. The van der Waals surface area contributed by atoms with Gasteiger partial charge in [-0.2, -0.15) is 18.4 Å². The molecule has 2 atom stereocenters. The number of alkyl halides is 3. The number of hydrogen-bond acceptors (Lipinski definition) is 6. The van der Waals surface area contributed by atoms with Crippen molar-refractivity contribution in [2.24, 2.45) is 0 Å². The molecule has 1 amide bonds. The lowest BCUT2D eigenvalue weighted by molar-refractivity contribution is -0.137. The van der Waals surface area contributed by atoms with Gasteiger partial charge in [-0.25, -0.2) is 8.42 Å². The number of nitrogens with one attached hydrogen (secondary N) is 1. The monoisotopic (exact) mass is 566 g/mol. The molecule has 0 heterocycles. The maximum Gasteiger partial charge on any atom is 0.417 e. The molecule has 3 aromatic rings. The summed E-state index contributed by atoms with van der Waals surface area (Å²) in [4.78, 5) is 12.8. The highest BCUT2D eigenvalue weighted by atomic mass is 35.5. The Balaban J connectivity index is 2.23. The molecule has 0 bridgehead atoms. The fourth-order valence-corrected chi connectivity index (χ4v) is 5.90. The van der Waals surface area contributed by atoms with E-state index in [0.29, 0.717) is 6.07 Å². The average Bonchev–Trinajstić information content (AvgIpc) is 2.87. The van der Waals surface area contributed by atoms with Crippen LogP contribution in [-0.2, 0) is 21.6 Å². The van der Waals surface area contributed by atoms with Gasteiger partial charge in [0.15, 0.2) is 9.84 Å². The molecular formula is C26H22ClF3N2O5S. The molecule has 3 aromatic carbocycles. The van der Waals surface area contributed by atoms with Crippen molar-refractivity contribution >= 4 is 27.3 Å². The largest absolute Gasteiger partial charge is 0.507 e. The van der Waals surface area contributed by atoms with Crippen LogP contribution in [0, 0.1) is 11.3 Å². The van der Waals surface area contributed by atoms with Crippen LogP contribution in [0.5, 0.6) is 5.75 Å². The van der Waals surface area contributed by atoms with Crippen molar-refractivity contribution in [2.45, 2.75) is 24.0 Å². The van der Waals surface area contributed by atoms with Gasteiger partial charge < -0.3 is 15.5 Å². The quantitative estimate of drug-likeness (QED) is 0.362. The zero-order chi connectivity index (χ0) is 28.3. The van der Waals surface area contributed by atoms with Crippen molar-refractivity contribution in [1.29, 1.82) is 5.26 Å². The van der Waals surface area contributed by atoms with E-state index >= 15 is 0 Å². The number of nitrogens with zero attached hydrogens (tertiary/aromatic N) is 1. The van der Waals surface area contributed by atoms with Gasteiger partial charge in [-0.3, -0.25) is 4.79 Å². The molecule has 0 radical (unpaired) electrons. The van der Waals surface area contributed by atoms with Crippen molar-refractivity contribution in [3.63, 3.8) is 0 Å². The topological polar surface area (TPSA) is 127 Å². The van der Waals surface area contributed by atoms with E-state index in [9.17, 15) is 36.6 Å². The van der Waals surface area contributed by atoms with Gasteiger partial charge in [0.1, 0.15) is 16.6 Å². The summed E-state index contributed by atoms with van der Waals surface area (Å²) in [7, 11) is -4.37. The van der Waals surface area contributed by atoms with Crippen LogP contribution in [0.4, 0.5) is 13.2 Å². The molecule has 200 valence electrons. The lowest BCUT2D eigenvalue weighted by Gasteiger charge is -2.37. The molecule has 0 aliphatic heterocycles. The number of halogens is 4. The molecular weight excluding hydrogens is 545 g/mol. The first-order chi connectivity index (χ1) is 17.7. The minimum Gasteiger partial charge on any atom is -0.507 e. The van der Waals surface area contributed by atoms with Gasteiger partial charge >= 0.3 is 6.18 Å². The van der Waals surface area contributed by atoms with Gasteiger partial charge in [0.05, 0.1) is 29.3 Å². The molecule has 12 heteroatoms. The first kappa shape index (κ1) is 29.0. The molecule has 0 aliphatic carbocycles. The number of phenolic OH excluding ortho intramolecular Hbond substituents is 1. The Morgan fingerprint density at radius 3 is 2.29 bits per heavy atom. The maximum absolute atomic E-state index is 13.7. The lowest BCUT2D eigenvalue weighted by atomic mass is 9.85. The number of amides is 1. The Hall–Kier alpha value is -3.59. The van der Waals surface area contributed by atoms with Crippen LogP contribution in [0.1, 0.15) is 44.8 Å². The average molecular weight is 567 g/mol. The predicted octanol–water partition coefficient (Wildman–Crippen LogP) is 4.73. The molecule has 3 rings (SSSR count). The lowest BCUT2D eigenvalue weighted by Crippen LogP contribution is -2.48. The normalized spacial score (nSPS) is 14.2. The molecule has 0 saturated carbocycles. The zero-order valence-electron chi connectivity index (χ0n) is 19.8. The van der Waals surface area contributed by atoms with Gasteiger partial charge in [-0.1, -0.05) is 48.9 Å². The fraction of sp³-hybridized carbons (Fsp3) is 0.231. The van der Waals surface area contributed by atoms with Crippen molar-refractivity contribution in [3.8, 4) is 11.8 Å². The number of aromatic hydroxyl groups is 1. The van der Waals surface area contributed by atoms with Gasteiger partial charge in [-0.05, 0) is 47.5 Å². The first-order valence-corrected chi connectivity index (χ1v) is 13.2. The Morgan fingerprint density at radius 2 is 1.74 bits per heavy atom. The summed E-state index contributed by atoms with van der Waals surface area (Å²) in [5.74, 6) is -1.80. The van der Waals surface area contributed by atoms with Crippen LogP contribution in [0.2, 0.25) is 5.02 Å². The minimum atomic E-state index is -4.99. The summed E-state index contributed by atoms with van der Waals surface area (Å²) in [6, 6.07) is 14.6. The molecule has 7 nitrogen and oxygen atoms in total. The summed E-state index contributed by atoms with van der Waals surface area (Å²) in [5, 5.41) is 31.8. The van der Waals surface area contributed by atoms with Gasteiger partial charge in [0.2, 0.25) is 0 Å². The van der Waals surface area contributed by atoms with E-state index in [4.69, 9.17) is 16.9 Å². The number of rotatable bonds is 8. The summed E-state index contributed by atoms with van der Waals surface area (Å²) >= 11 is 5.95. The van der Waals surface area contributed by atoms with E-state index in [2.05, 4.69) is 5.32 Å². The number of para-hydroxylation sites is 1. The van der Waals surface area contributed by atoms with Gasteiger partial charge in [0.25, 0.3) is 5.91 Å². The number of carbonyl (C=O) groups excluding carboxylic acids is 1. The van der Waals surface area contributed by atoms with Crippen LogP contribution in [0.15, 0.2) is 66.7 Å². The number of nitriles is 1. The zero-order valence-corrected chi connectivity index (χ0v) is 21.4. The highest BCUT2D eigenvalue weighted by Crippen LogP contribution is 2.44. The summed E-state index contributed by atoms with van der Waals surface area (Å²) in [5.41, 5.74) is -5.26. The van der Waals surface area contributed by atoms with Crippen LogP contribution < -0.4 is 5.32 Å². The molecule has 38 heavy (non-hydrogen) atoms. The molecule has 3 N–H and O–H groups in total. The fourth-order valence-electron chi connectivity index (χ4n) is 4.06. The second-order valence-corrected chi connectivity index (χ2v) is 11.2. The smallest absolute Gasteiger partial charge is 0.417 e. The number of hydrogen-bond donors (Lipinski definition) is 3. The minimum absolute atomic E-state index is 0.0561. The van der Waals surface area contributed by atoms with Crippen molar-refractivity contribution < 1.29 is 36.6 Å². The Morgan fingerprint density at radius 1 is 1.11 bits per heavy atom. The Kier molecular flexibility index (Phi) is 8.41. The van der Waals surface area contributed by atoms with E-state index in [1.165, 1.54) is 61.5 Å². The van der Waals surface area contributed by atoms with E-state index < -0.39 is 61.8 Å². The highest BCUT2D eigenvalue weighted by molar-refractivity contribution is 7.91. The van der Waals surface area contributed by atoms with E-state index in [-0.39, 0.29) is 21.9 Å². The number of phenols is 1. The van der Waals surface area contributed by atoms with Crippen molar-refractivity contribution in [3.05, 3.63) is 99.6 Å². The summed E-state index contributed by atoms with van der Waals surface area (Å²) in [6.45, 7) is 0.493. The third-order valence-corrected chi connectivity index (χ3v) is 8.42. The van der Waals surface area contributed by atoms with E-state index in [1.807, 2.05) is 0 Å². The molecule has 0 aromatic heterocycles. The molecule has 0 fully saturated rings. The number of benzene rings is 3. The molecule has 2 unspecified atom stereocenters. The third-order valence-electron chi connectivity index (χ3n) is 5.98. The number of carbonyl (C=O) groups is 1. The van der Waals surface area contributed by atoms with Crippen LogP contribution in [-0.4, -0.2) is 36.8 Å². The third kappa shape index (κ3) is 5.93. The van der Waals surface area contributed by atoms with Crippen LogP contribution in [0.3, 0.4) is 0 Å². The Bertz CT molecular complexity index is 1490. The van der Waals surface area contributed by atoms with E-state index in [1.54, 1.807) is 0 Å². The van der Waals surface area contributed by atoms with E-state index in [0.717, 1.165) is 12.1 Å². The van der Waals surface area contributed by atoms with Gasteiger partial charge in [-0.15, -0.1) is 0 Å². The predicted molar refractivity (Wildman–Crippen MR) is 134 cm³/mol. The highest BCUT2D eigenvalue weighted by Gasteiger charge is 2.48. The van der Waals surface area contributed by atoms with Gasteiger partial charge in [0, 0.05) is 10.8 Å². The van der Waals surface area contributed by atoms with Crippen LogP contribution in [0.25, 0.3) is 0 Å². The van der Waals surface area contributed by atoms with Crippen molar-refractivity contribution in [1.82, 2.24) is 5.32 Å². The molecule has 0 spiro atoms. The second-order valence-electron chi connectivity index (χ2n) is 8.38. The molecule has 0 saturated heterocycles. The van der Waals surface area contributed by atoms with Crippen LogP contribution >= 0.6 is 11.6 Å².